The largest absolute Gasteiger partial charge is 0.494 e. The van der Waals surface area contributed by atoms with Gasteiger partial charge in [0.1, 0.15) is 15.8 Å². The Morgan fingerprint density at radius 3 is 2.00 bits per heavy atom. The van der Waals surface area contributed by atoms with Crippen molar-refractivity contribution in [2.24, 2.45) is 5.92 Å². The second kappa shape index (κ2) is 12.6. The van der Waals surface area contributed by atoms with E-state index in [1.54, 1.807) is 11.3 Å². The van der Waals surface area contributed by atoms with Crippen LogP contribution in [0.3, 0.4) is 0 Å². The van der Waals surface area contributed by atoms with Gasteiger partial charge in [-0.15, -0.1) is 10.2 Å². The molecule has 0 atom stereocenters. The molecular formula is C27H36N2OS. The molecule has 31 heavy (non-hydrogen) atoms. The summed E-state index contributed by atoms with van der Waals surface area (Å²) in [5, 5.41) is 10.8. The lowest BCUT2D eigenvalue weighted by Gasteiger charge is -2.06. The molecule has 0 spiro atoms. The third-order valence-electron chi connectivity index (χ3n) is 5.49. The summed E-state index contributed by atoms with van der Waals surface area (Å²) < 4.78 is 5.87. The number of rotatable bonds is 13. The quantitative estimate of drug-likeness (QED) is 0.253. The van der Waals surface area contributed by atoms with Crippen LogP contribution in [0.4, 0.5) is 0 Å². The number of benzene rings is 2. The van der Waals surface area contributed by atoms with Gasteiger partial charge in [-0.25, -0.2) is 0 Å². The third-order valence-corrected chi connectivity index (χ3v) is 6.51. The number of aryl methyl sites for hydroxylation is 1. The van der Waals surface area contributed by atoms with Gasteiger partial charge >= 0.3 is 0 Å². The lowest BCUT2D eigenvalue weighted by atomic mass is 10.0. The monoisotopic (exact) mass is 436 g/mol. The highest BCUT2D eigenvalue weighted by atomic mass is 32.1. The summed E-state index contributed by atoms with van der Waals surface area (Å²) in [6.45, 7) is 7.60. The van der Waals surface area contributed by atoms with Crippen LogP contribution in [-0.2, 0) is 6.42 Å². The Morgan fingerprint density at radius 2 is 1.39 bits per heavy atom. The van der Waals surface area contributed by atoms with Crippen LogP contribution >= 0.6 is 11.3 Å². The standard InChI is InChI=1S/C27H36N2OS/c1-4-5-6-7-8-20-30-25-18-16-24(17-19-25)27-29-28-26(31-27)23-14-12-22(13-15-23)11-9-10-21(2)3/h12-19,21H,4-11,20H2,1-3H3. The molecule has 0 aliphatic carbocycles. The van der Waals surface area contributed by atoms with Gasteiger partial charge in [-0.05, 0) is 55.0 Å². The number of ether oxygens (including phenoxy) is 1. The molecule has 0 bridgehead atoms. The molecule has 0 N–H and O–H groups in total. The van der Waals surface area contributed by atoms with Crippen molar-refractivity contribution in [2.75, 3.05) is 6.61 Å². The first-order valence-corrected chi connectivity index (χ1v) is 12.6. The van der Waals surface area contributed by atoms with Crippen molar-refractivity contribution in [2.45, 2.75) is 72.1 Å². The van der Waals surface area contributed by atoms with Crippen LogP contribution in [0.2, 0.25) is 0 Å². The van der Waals surface area contributed by atoms with Crippen LogP contribution in [0.15, 0.2) is 48.5 Å². The highest BCUT2D eigenvalue weighted by Crippen LogP contribution is 2.31. The first-order chi connectivity index (χ1) is 15.2. The summed E-state index contributed by atoms with van der Waals surface area (Å²) in [6, 6.07) is 17.0. The summed E-state index contributed by atoms with van der Waals surface area (Å²) in [5.41, 5.74) is 3.62. The molecule has 0 amide bonds. The SMILES string of the molecule is CCCCCCCOc1ccc(-c2nnc(-c3ccc(CCCC(C)C)cc3)s2)cc1. The Hall–Kier alpha value is -2.20. The summed E-state index contributed by atoms with van der Waals surface area (Å²) >= 11 is 1.64. The minimum absolute atomic E-state index is 0.773. The number of aromatic nitrogens is 2. The van der Waals surface area contributed by atoms with Crippen LogP contribution in [-0.4, -0.2) is 16.8 Å². The first-order valence-electron chi connectivity index (χ1n) is 11.8. The highest BCUT2D eigenvalue weighted by Gasteiger charge is 2.09. The van der Waals surface area contributed by atoms with E-state index in [1.807, 2.05) is 12.1 Å². The number of hydrogen-bond acceptors (Lipinski definition) is 4. The lowest BCUT2D eigenvalue weighted by Crippen LogP contribution is -1.97. The molecule has 0 saturated carbocycles. The lowest BCUT2D eigenvalue weighted by molar-refractivity contribution is 0.304. The van der Waals surface area contributed by atoms with Crippen molar-refractivity contribution in [1.82, 2.24) is 10.2 Å². The van der Waals surface area contributed by atoms with Crippen LogP contribution in [0.25, 0.3) is 21.1 Å². The third kappa shape index (κ3) is 7.77. The Labute approximate surface area is 191 Å². The van der Waals surface area contributed by atoms with E-state index in [1.165, 1.54) is 44.1 Å². The van der Waals surface area contributed by atoms with Gasteiger partial charge in [0.15, 0.2) is 0 Å². The van der Waals surface area contributed by atoms with E-state index in [0.717, 1.165) is 52.3 Å². The Balaban J connectivity index is 1.52. The molecule has 1 aromatic heterocycles. The summed E-state index contributed by atoms with van der Waals surface area (Å²) in [4.78, 5) is 0. The maximum Gasteiger partial charge on any atom is 0.148 e. The predicted molar refractivity (Wildman–Crippen MR) is 133 cm³/mol. The van der Waals surface area contributed by atoms with Crippen LogP contribution < -0.4 is 4.74 Å². The average molecular weight is 437 g/mol. The van der Waals surface area contributed by atoms with Gasteiger partial charge in [-0.1, -0.05) is 88.5 Å². The second-order valence-corrected chi connectivity index (χ2v) is 9.66. The van der Waals surface area contributed by atoms with Crippen molar-refractivity contribution in [3.05, 3.63) is 54.1 Å². The van der Waals surface area contributed by atoms with Crippen molar-refractivity contribution in [1.29, 1.82) is 0 Å². The normalized spacial score (nSPS) is 11.2. The number of hydrogen-bond donors (Lipinski definition) is 0. The molecule has 3 rings (SSSR count). The first kappa shape index (κ1) is 23.5. The topological polar surface area (TPSA) is 35.0 Å². The zero-order valence-corrected chi connectivity index (χ0v) is 20.1. The summed E-state index contributed by atoms with van der Waals surface area (Å²) in [6.07, 6.45) is 9.95. The van der Waals surface area contributed by atoms with E-state index >= 15 is 0 Å². The molecule has 3 aromatic rings. The van der Waals surface area contributed by atoms with Gasteiger partial charge in [0.05, 0.1) is 6.61 Å². The van der Waals surface area contributed by atoms with Gasteiger partial charge < -0.3 is 4.74 Å². The van der Waals surface area contributed by atoms with Crippen LogP contribution in [0, 0.1) is 5.92 Å². The molecule has 0 aliphatic rings. The maximum absolute atomic E-state index is 5.87. The van der Waals surface area contributed by atoms with Crippen molar-refractivity contribution < 1.29 is 4.74 Å². The zero-order chi connectivity index (χ0) is 21.9. The van der Waals surface area contributed by atoms with E-state index in [-0.39, 0.29) is 0 Å². The molecule has 1 heterocycles. The van der Waals surface area contributed by atoms with Gasteiger partial charge in [0, 0.05) is 11.1 Å². The average Bonchev–Trinajstić information content (AvgIpc) is 3.27. The van der Waals surface area contributed by atoms with Crippen LogP contribution in [0.1, 0.15) is 71.3 Å². The zero-order valence-electron chi connectivity index (χ0n) is 19.3. The minimum atomic E-state index is 0.773. The van der Waals surface area contributed by atoms with E-state index in [0.29, 0.717) is 0 Å². The molecule has 0 aliphatic heterocycles. The van der Waals surface area contributed by atoms with E-state index < -0.39 is 0 Å². The van der Waals surface area contributed by atoms with E-state index in [2.05, 4.69) is 67.4 Å². The molecule has 3 nitrogen and oxygen atoms in total. The van der Waals surface area contributed by atoms with Gasteiger partial charge in [0.2, 0.25) is 0 Å². The molecule has 0 fully saturated rings. The Bertz CT molecular complexity index is 884. The van der Waals surface area contributed by atoms with E-state index in [9.17, 15) is 0 Å². The van der Waals surface area contributed by atoms with E-state index in [4.69, 9.17) is 4.74 Å². The fraction of sp³-hybridized carbons (Fsp3) is 0.481. The van der Waals surface area contributed by atoms with Crippen molar-refractivity contribution >= 4 is 11.3 Å². The fourth-order valence-corrected chi connectivity index (χ4v) is 4.43. The second-order valence-electron chi connectivity index (χ2n) is 8.68. The Morgan fingerprint density at radius 1 is 0.774 bits per heavy atom. The molecule has 166 valence electrons. The molecular weight excluding hydrogens is 400 g/mol. The smallest absolute Gasteiger partial charge is 0.148 e. The number of unbranched alkanes of at least 4 members (excludes halogenated alkanes) is 4. The van der Waals surface area contributed by atoms with Gasteiger partial charge in [0.25, 0.3) is 0 Å². The number of nitrogens with zero attached hydrogens (tertiary/aromatic N) is 2. The molecule has 0 unspecified atom stereocenters. The molecule has 4 heteroatoms. The van der Waals surface area contributed by atoms with Gasteiger partial charge in [-0.3, -0.25) is 0 Å². The predicted octanol–water partition coefficient (Wildman–Crippen LogP) is 8.20. The minimum Gasteiger partial charge on any atom is -0.494 e. The fourth-order valence-electron chi connectivity index (χ4n) is 3.57. The molecule has 2 aromatic carbocycles. The summed E-state index contributed by atoms with van der Waals surface area (Å²) in [5.74, 6) is 1.70. The van der Waals surface area contributed by atoms with Crippen LogP contribution in [0.5, 0.6) is 5.75 Å². The molecule has 0 radical (unpaired) electrons. The van der Waals surface area contributed by atoms with Gasteiger partial charge in [-0.2, -0.15) is 0 Å². The maximum atomic E-state index is 5.87. The Kier molecular flexibility index (Phi) is 9.54. The summed E-state index contributed by atoms with van der Waals surface area (Å²) in [7, 11) is 0. The van der Waals surface area contributed by atoms with Crippen molar-refractivity contribution in [3.63, 3.8) is 0 Å². The highest BCUT2D eigenvalue weighted by molar-refractivity contribution is 7.17. The van der Waals surface area contributed by atoms with Crippen molar-refractivity contribution in [3.8, 4) is 26.9 Å². The molecule has 0 saturated heterocycles.